The molecule has 4 heteroatoms. The summed E-state index contributed by atoms with van der Waals surface area (Å²) in [7, 11) is 0. The monoisotopic (exact) mass is 280 g/mol. The molecule has 1 aliphatic rings. The summed E-state index contributed by atoms with van der Waals surface area (Å²) in [4.78, 5) is 14.7. The van der Waals surface area contributed by atoms with Crippen molar-refractivity contribution in [1.82, 2.24) is 10.2 Å². The van der Waals surface area contributed by atoms with Crippen molar-refractivity contribution in [2.45, 2.75) is 33.1 Å². The van der Waals surface area contributed by atoms with Gasteiger partial charge in [-0.1, -0.05) is 6.92 Å². The van der Waals surface area contributed by atoms with Crippen LogP contribution in [0.5, 0.6) is 0 Å². The zero-order chi connectivity index (χ0) is 13.7. The Morgan fingerprint density at radius 3 is 2.74 bits per heavy atom. The molecule has 0 bridgehead atoms. The van der Waals surface area contributed by atoms with Crippen molar-refractivity contribution >= 4 is 17.2 Å². The van der Waals surface area contributed by atoms with E-state index in [0.717, 1.165) is 43.7 Å². The highest BCUT2D eigenvalue weighted by molar-refractivity contribution is 7.08. The number of amides is 1. The number of thiophene rings is 1. The van der Waals surface area contributed by atoms with Crippen LogP contribution in [0.25, 0.3) is 0 Å². The number of carbonyl (C=O) groups is 1. The molecular weight excluding hydrogens is 256 g/mol. The van der Waals surface area contributed by atoms with Crippen molar-refractivity contribution in [3.05, 3.63) is 21.9 Å². The maximum Gasteiger partial charge on any atom is 0.254 e. The summed E-state index contributed by atoms with van der Waals surface area (Å²) in [5, 5.41) is 7.43. The molecule has 106 valence electrons. The number of rotatable bonds is 5. The predicted molar refractivity (Wildman–Crippen MR) is 80.8 cm³/mol. The average molecular weight is 280 g/mol. The topological polar surface area (TPSA) is 32.3 Å². The Morgan fingerprint density at radius 1 is 1.42 bits per heavy atom. The standard InChI is InChI=1S/C15H24N2OS/c1-3-8-17(9-13-4-6-16-7-5-13)15(18)14-11-19-10-12(14)2/h10-11,13,16H,3-9H2,1-2H3. The van der Waals surface area contributed by atoms with Gasteiger partial charge in [0.2, 0.25) is 0 Å². The van der Waals surface area contributed by atoms with Gasteiger partial charge >= 0.3 is 0 Å². The summed E-state index contributed by atoms with van der Waals surface area (Å²) in [5.74, 6) is 0.884. The smallest absolute Gasteiger partial charge is 0.254 e. The second-order valence-corrected chi connectivity index (χ2v) is 6.16. The molecule has 1 saturated heterocycles. The Labute approximate surface area is 120 Å². The molecule has 0 atom stereocenters. The van der Waals surface area contributed by atoms with E-state index in [2.05, 4.69) is 22.5 Å². The van der Waals surface area contributed by atoms with Gasteiger partial charge in [0.25, 0.3) is 5.91 Å². The lowest BCUT2D eigenvalue weighted by Gasteiger charge is -2.30. The molecule has 1 aliphatic heterocycles. The van der Waals surface area contributed by atoms with Gasteiger partial charge in [-0.2, -0.15) is 11.3 Å². The average Bonchev–Trinajstić information content (AvgIpc) is 2.85. The molecule has 0 aromatic carbocycles. The lowest BCUT2D eigenvalue weighted by Crippen LogP contribution is -2.39. The van der Waals surface area contributed by atoms with Crippen molar-refractivity contribution in [2.24, 2.45) is 5.92 Å². The van der Waals surface area contributed by atoms with Crippen LogP contribution in [-0.2, 0) is 0 Å². The van der Waals surface area contributed by atoms with E-state index in [4.69, 9.17) is 0 Å². The molecule has 0 saturated carbocycles. The zero-order valence-electron chi connectivity index (χ0n) is 11.9. The van der Waals surface area contributed by atoms with Crippen molar-refractivity contribution in [3.63, 3.8) is 0 Å². The van der Waals surface area contributed by atoms with Crippen LogP contribution in [0.2, 0.25) is 0 Å². The summed E-state index contributed by atoms with van der Waals surface area (Å²) in [5.41, 5.74) is 2.01. The van der Waals surface area contributed by atoms with Crippen LogP contribution in [0.1, 0.15) is 42.1 Å². The van der Waals surface area contributed by atoms with Gasteiger partial charge in [-0.3, -0.25) is 4.79 Å². The van der Waals surface area contributed by atoms with Gasteiger partial charge in [0.15, 0.2) is 0 Å². The third-order valence-corrected chi connectivity index (χ3v) is 4.67. The Morgan fingerprint density at radius 2 is 2.16 bits per heavy atom. The van der Waals surface area contributed by atoms with E-state index < -0.39 is 0 Å². The first kappa shape index (κ1) is 14.5. The summed E-state index contributed by atoms with van der Waals surface area (Å²) in [6, 6.07) is 0. The quantitative estimate of drug-likeness (QED) is 0.899. The van der Waals surface area contributed by atoms with Gasteiger partial charge in [-0.25, -0.2) is 0 Å². The van der Waals surface area contributed by atoms with Gasteiger partial charge in [0, 0.05) is 18.5 Å². The highest BCUT2D eigenvalue weighted by Gasteiger charge is 2.22. The largest absolute Gasteiger partial charge is 0.338 e. The summed E-state index contributed by atoms with van der Waals surface area (Å²) >= 11 is 1.62. The third kappa shape index (κ3) is 3.80. The van der Waals surface area contributed by atoms with Crippen LogP contribution >= 0.6 is 11.3 Å². The minimum absolute atomic E-state index is 0.221. The Hall–Kier alpha value is -0.870. The van der Waals surface area contributed by atoms with E-state index in [9.17, 15) is 4.79 Å². The molecule has 0 unspecified atom stereocenters. The van der Waals surface area contributed by atoms with E-state index in [0.29, 0.717) is 5.92 Å². The molecule has 1 fully saturated rings. The zero-order valence-corrected chi connectivity index (χ0v) is 12.8. The first-order valence-corrected chi connectivity index (χ1v) is 8.19. The fourth-order valence-electron chi connectivity index (χ4n) is 2.67. The number of hydrogen-bond donors (Lipinski definition) is 1. The maximum atomic E-state index is 12.6. The van der Waals surface area contributed by atoms with Crippen molar-refractivity contribution in [3.8, 4) is 0 Å². The lowest BCUT2D eigenvalue weighted by atomic mass is 9.97. The normalized spacial score (nSPS) is 16.5. The van der Waals surface area contributed by atoms with Crippen LogP contribution in [-0.4, -0.2) is 37.0 Å². The first-order valence-electron chi connectivity index (χ1n) is 7.25. The van der Waals surface area contributed by atoms with E-state index in [1.54, 1.807) is 11.3 Å². The molecular formula is C15H24N2OS. The molecule has 0 aliphatic carbocycles. The van der Waals surface area contributed by atoms with Crippen molar-refractivity contribution in [2.75, 3.05) is 26.2 Å². The molecule has 0 spiro atoms. The number of nitrogens with zero attached hydrogens (tertiary/aromatic N) is 1. The Balaban J connectivity index is 2.02. The van der Waals surface area contributed by atoms with Crippen LogP contribution in [0.15, 0.2) is 10.8 Å². The van der Waals surface area contributed by atoms with Gasteiger partial charge in [0.1, 0.15) is 0 Å². The summed E-state index contributed by atoms with van der Waals surface area (Å²) in [6.07, 6.45) is 3.41. The summed E-state index contributed by atoms with van der Waals surface area (Å²) < 4.78 is 0. The number of hydrogen-bond acceptors (Lipinski definition) is 3. The second-order valence-electron chi connectivity index (χ2n) is 5.41. The lowest BCUT2D eigenvalue weighted by molar-refractivity contribution is 0.0716. The van der Waals surface area contributed by atoms with Crippen LogP contribution in [0.3, 0.4) is 0 Å². The Kier molecular flexibility index (Phi) is 5.40. The molecule has 3 nitrogen and oxygen atoms in total. The Bertz CT molecular complexity index is 410. The number of nitrogens with one attached hydrogen (secondary N) is 1. The SMILES string of the molecule is CCCN(CC1CCNCC1)C(=O)c1cscc1C. The predicted octanol–water partition coefficient (Wildman–Crippen LogP) is 2.91. The van der Waals surface area contributed by atoms with Crippen LogP contribution in [0.4, 0.5) is 0 Å². The molecule has 2 rings (SSSR count). The molecule has 1 N–H and O–H groups in total. The number of aryl methyl sites for hydroxylation is 1. The number of piperidine rings is 1. The molecule has 19 heavy (non-hydrogen) atoms. The van der Waals surface area contributed by atoms with E-state index >= 15 is 0 Å². The molecule has 1 aromatic rings. The fourth-order valence-corrected chi connectivity index (χ4v) is 3.49. The number of carbonyl (C=O) groups excluding carboxylic acids is 1. The van der Waals surface area contributed by atoms with Crippen LogP contribution in [0, 0.1) is 12.8 Å². The second kappa shape index (κ2) is 7.06. The molecule has 1 amide bonds. The van der Waals surface area contributed by atoms with Crippen molar-refractivity contribution < 1.29 is 4.79 Å². The minimum atomic E-state index is 0.221. The van der Waals surface area contributed by atoms with E-state index in [1.165, 1.54) is 12.8 Å². The fraction of sp³-hybridized carbons (Fsp3) is 0.667. The van der Waals surface area contributed by atoms with Crippen molar-refractivity contribution in [1.29, 1.82) is 0 Å². The highest BCUT2D eigenvalue weighted by atomic mass is 32.1. The first-order chi connectivity index (χ1) is 9.22. The van der Waals surface area contributed by atoms with Gasteiger partial charge in [-0.05, 0) is 56.1 Å². The highest BCUT2D eigenvalue weighted by Crippen LogP contribution is 2.19. The van der Waals surface area contributed by atoms with E-state index in [-0.39, 0.29) is 5.91 Å². The molecule has 0 radical (unpaired) electrons. The van der Waals surface area contributed by atoms with Crippen LogP contribution < -0.4 is 5.32 Å². The minimum Gasteiger partial charge on any atom is -0.338 e. The molecule has 2 heterocycles. The maximum absolute atomic E-state index is 12.6. The van der Waals surface area contributed by atoms with Gasteiger partial charge in [0.05, 0.1) is 5.56 Å². The van der Waals surface area contributed by atoms with Gasteiger partial charge < -0.3 is 10.2 Å². The van der Waals surface area contributed by atoms with Gasteiger partial charge in [-0.15, -0.1) is 0 Å². The third-order valence-electron chi connectivity index (χ3n) is 3.80. The summed E-state index contributed by atoms with van der Waals surface area (Å²) in [6.45, 7) is 8.15. The van der Waals surface area contributed by atoms with E-state index in [1.807, 2.05) is 12.3 Å². The molecule has 1 aromatic heterocycles.